The van der Waals surface area contributed by atoms with Gasteiger partial charge in [0, 0.05) is 27.4 Å². The fraction of sp³-hybridized carbons (Fsp3) is 0.214. The molecule has 0 aliphatic carbocycles. The molecule has 1 nitrogen and oxygen atoms in total. The Labute approximate surface area is 117 Å². The second kappa shape index (κ2) is 5.87. The van der Waals surface area contributed by atoms with Crippen LogP contribution in [0.25, 0.3) is 11.3 Å². The molecule has 0 unspecified atom stereocenters. The predicted octanol–water partition coefficient (Wildman–Crippen LogP) is 3.08. The van der Waals surface area contributed by atoms with E-state index in [9.17, 15) is 0 Å². The SMILES string of the molecule is C[P+](C)(C)c1ccc(-c2[c-]cccc2)nc1.[Ir]. The molecule has 0 aliphatic rings. The largest absolute Gasteiger partial charge is 0.301 e. The van der Waals surface area contributed by atoms with Crippen molar-refractivity contribution >= 4 is 12.6 Å². The Morgan fingerprint density at radius 3 is 2.29 bits per heavy atom. The Hall–Kier alpha value is -0.551. The first-order valence-corrected chi connectivity index (χ1v) is 8.45. The van der Waals surface area contributed by atoms with Crippen LogP contribution < -0.4 is 5.30 Å². The van der Waals surface area contributed by atoms with Crippen LogP contribution in [0.15, 0.2) is 42.6 Å². The van der Waals surface area contributed by atoms with Gasteiger partial charge in [0.2, 0.25) is 0 Å². The van der Waals surface area contributed by atoms with E-state index < -0.39 is 7.26 Å². The molecule has 0 fully saturated rings. The molecule has 0 bridgehead atoms. The van der Waals surface area contributed by atoms with Crippen molar-refractivity contribution in [2.45, 2.75) is 0 Å². The summed E-state index contributed by atoms with van der Waals surface area (Å²) < 4.78 is 0. The van der Waals surface area contributed by atoms with Crippen molar-refractivity contribution in [1.29, 1.82) is 0 Å². The monoisotopic (exact) mass is 422 g/mol. The van der Waals surface area contributed by atoms with Crippen LogP contribution in [0, 0.1) is 6.07 Å². The quantitative estimate of drug-likeness (QED) is 0.537. The van der Waals surface area contributed by atoms with Crippen molar-refractivity contribution in [3.05, 3.63) is 48.7 Å². The molecule has 0 saturated carbocycles. The third-order valence-electron chi connectivity index (χ3n) is 2.51. The summed E-state index contributed by atoms with van der Waals surface area (Å²) in [5.41, 5.74) is 2.05. The first kappa shape index (κ1) is 14.5. The summed E-state index contributed by atoms with van der Waals surface area (Å²) in [4.78, 5) is 4.51. The van der Waals surface area contributed by atoms with Crippen molar-refractivity contribution in [3.8, 4) is 11.3 Å². The summed E-state index contributed by atoms with van der Waals surface area (Å²) in [6.07, 6.45) is 2.00. The molecule has 1 heterocycles. The summed E-state index contributed by atoms with van der Waals surface area (Å²) in [6.45, 7) is 6.91. The van der Waals surface area contributed by atoms with Crippen molar-refractivity contribution in [2.75, 3.05) is 20.0 Å². The first-order valence-electron chi connectivity index (χ1n) is 5.32. The van der Waals surface area contributed by atoms with E-state index in [-0.39, 0.29) is 20.1 Å². The smallest absolute Gasteiger partial charge is 0.109 e. The average molecular weight is 421 g/mol. The van der Waals surface area contributed by atoms with Gasteiger partial charge in [-0.3, -0.25) is 0 Å². The molecule has 17 heavy (non-hydrogen) atoms. The second-order valence-corrected chi connectivity index (χ2v) is 9.23. The number of hydrogen-bond donors (Lipinski definition) is 0. The number of nitrogens with zero attached hydrogens (tertiary/aromatic N) is 1. The Kier molecular flexibility index (Phi) is 5.01. The molecule has 0 amide bonds. The summed E-state index contributed by atoms with van der Waals surface area (Å²) in [5.74, 6) is 0. The van der Waals surface area contributed by atoms with E-state index in [0.717, 1.165) is 11.3 Å². The molecule has 1 radical (unpaired) electrons. The maximum absolute atomic E-state index is 4.51. The first-order chi connectivity index (χ1) is 7.57. The van der Waals surface area contributed by atoms with Gasteiger partial charge in [-0.2, -0.15) is 0 Å². The van der Waals surface area contributed by atoms with Gasteiger partial charge >= 0.3 is 0 Å². The van der Waals surface area contributed by atoms with Gasteiger partial charge in [-0.05, 0) is 11.8 Å². The molecule has 3 heteroatoms. The maximum atomic E-state index is 4.51. The number of rotatable bonds is 2. The van der Waals surface area contributed by atoms with E-state index in [0.29, 0.717) is 0 Å². The summed E-state index contributed by atoms with van der Waals surface area (Å²) in [5, 5.41) is 1.37. The Morgan fingerprint density at radius 2 is 1.82 bits per heavy atom. The van der Waals surface area contributed by atoms with Crippen LogP contribution in [-0.4, -0.2) is 25.0 Å². The molecule has 0 atom stereocenters. The Morgan fingerprint density at radius 1 is 1.06 bits per heavy atom. The third-order valence-corrected chi connectivity index (χ3v) is 4.32. The van der Waals surface area contributed by atoms with Crippen LogP contribution in [0.4, 0.5) is 0 Å². The zero-order chi connectivity index (χ0) is 11.6. The predicted molar refractivity (Wildman–Crippen MR) is 72.8 cm³/mol. The van der Waals surface area contributed by atoms with E-state index in [1.165, 1.54) is 5.30 Å². The Bertz CT molecular complexity index is 460. The van der Waals surface area contributed by atoms with E-state index in [1.54, 1.807) is 0 Å². The molecular formula is C14H16IrNP. The molecule has 0 spiro atoms. The molecule has 91 valence electrons. The van der Waals surface area contributed by atoms with Crippen molar-refractivity contribution in [2.24, 2.45) is 0 Å². The van der Waals surface area contributed by atoms with Gasteiger partial charge < -0.3 is 4.98 Å². The van der Waals surface area contributed by atoms with Gasteiger partial charge in [-0.25, -0.2) is 0 Å². The van der Waals surface area contributed by atoms with E-state index in [1.807, 2.05) is 30.5 Å². The summed E-state index contributed by atoms with van der Waals surface area (Å²) in [6, 6.07) is 15.4. The molecule has 2 aromatic rings. The van der Waals surface area contributed by atoms with Crippen molar-refractivity contribution < 1.29 is 20.1 Å². The molecule has 0 N–H and O–H groups in total. The van der Waals surface area contributed by atoms with Gasteiger partial charge in [0.25, 0.3) is 0 Å². The van der Waals surface area contributed by atoms with Crippen LogP contribution in [-0.2, 0) is 20.1 Å². The number of hydrogen-bond acceptors (Lipinski definition) is 1. The number of pyridine rings is 1. The Balaban J connectivity index is 0.00000144. The summed E-state index contributed by atoms with van der Waals surface area (Å²) in [7, 11) is -0.952. The fourth-order valence-electron chi connectivity index (χ4n) is 1.49. The molecule has 0 aliphatic heterocycles. The number of benzene rings is 1. The van der Waals surface area contributed by atoms with Crippen LogP contribution >= 0.6 is 7.26 Å². The van der Waals surface area contributed by atoms with Crippen molar-refractivity contribution in [1.82, 2.24) is 4.98 Å². The van der Waals surface area contributed by atoms with E-state index >= 15 is 0 Å². The zero-order valence-electron chi connectivity index (χ0n) is 10.3. The van der Waals surface area contributed by atoms with Crippen molar-refractivity contribution in [3.63, 3.8) is 0 Å². The topological polar surface area (TPSA) is 12.9 Å². The van der Waals surface area contributed by atoms with E-state index in [2.05, 4.69) is 43.2 Å². The van der Waals surface area contributed by atoms with E-state index in [4.69, 9.17) is 0 Å². The van der Waals surface area contributed by atoms with Gasteiger partial charge in [-0.15, -0.1) is 35.9 Å². The van der Waals surface area contributed by atoms with Gasteiger partial charge in [0.05, 0.1) is 26.2 Å². The standard InChI is InChI=1S/C14H16NP.Ir/c1-16(2,3)13-9-10-14(15-11-13)12-7-5-4-6-8-12;/h4-7,9-11H,1-3H3;. The molecule has 0 saturated heterocycles. The minimum atomic E-state index is -0.952. The average Bonchev–Trinajstić information content (AvgIpc) is 2.29. The second-order valence-electron chi connectivity index (χ2n) is 4.69. The van der Waals surface area contributed by atoms with Crippen LogP contribution in [0.5, 0.6) is 0 Å². The minimum Gasteiger partial charge on any atom is -0.301 e. The summed E-state index contributed by atoms with van der Waals surface area (Å²) >= 11 is 0. The number of aromatic nitrogens is 1. The molecule has 2 rings (SSSR count). The van der Waals surface area contributed by atoms with Gasteiger partial charge in [0.1, 0.15) is 5.30 Å². The fourth-order valence-corrected chi connectivity index (χ4v) is 2.42. The van der Waals surface area contributed by atoms with Crippen LogP contribution in [0.3, 0.4) is 0 Å². The molecule has 1 aromatic heterocycles. The van der Waals surface area contributed by atoms with Crippen LogP contribution in [0.1, 0.15) is 0 Å². The van der Waals surface area contributed by atoms with Gasteiger partial charge in [0.15, 0.2) is 0 Å². The minimum absolute atomic E-state index is 0. The maximum Gasteiger partial charge on any atom is 0.109 e. The zero-order valence-corrected chi connectivity index (χ0v) is 13.6. The van der Waals surface area contributed by atoms with Crippen LogP contribution in [0.2, 0.25) is 0 Å². The normalized spacial score (nSPS) is 10.8. The molecule has 1 aromatic carbocycles. The molecular weight excluding hydrogens is 405 g/mol. The third kappa shape index (κ3) is 3.71. The van der Waals surface area contributed by atoms with Gasteiger partial charge in [-0.1, -0.05) is 6.07 Å².